The highest BCUT2D eigenvalue weighted by Crippen LogP contribution is 2.16. The lowest BCUT2D eigenvalue weighted by molar-refractivity contribution is 0.302. The molecular formula is C11H21N5O. The largest absolute Gasteiger partial charge is 0.395 e. The Bertz CT molecular complexity index is 345. The van der Waals surface area contributed by atoms with Gasteiger partial charge in [0, 0.05) is 25.7 Å². The van der Waals surface area contributed by atoms with Gasteiger partial charge in [-0.15, -0.1) is 0 Å². The molecule has 0 amide bonds. The molecule has 0 atom stereocenters. The van der Waals surface area contributed by atoms with Crippen LogP contribution in [0, 0.1) is 0 Å². The second-order valence-corrected chi connectivity index (χ2v) is 3.70. The molecule has 6 heteroatoms. The van der Waals surface area contributed by atoms with Crippen LogP contribution in [0.25, 0.3) is 0 Å². The molecule has 0 radical (unpaired) electrons. The average molecular weight is 239 g/mol. The van der Waals surface area contributed by atoms with Gasteiger partial charge < -0.3 is 21.1 Å². The molecule has 0 aliphatic carbocycles. The van der Waals surface area contributed by atoms with Crippen molar-refractivity contribution >= 4 is 17.6 Å². The summed E-state index contributed by atoms with van der Waals surface area (Å²) >= 11 is 0. The monoisotopic (exact) mass is 239 g/mol. The number of aliphatic hydroxyl groups excluding tert-OH is 1. The van der Waals surface area contributed by atoms with Gasteiger partial charge in [-0.2, -0.15) is 9.97 Å². The first-order chi connectivity index (χ1) is 8.21. The molecule has 17 heavy (non-hydrogen) atoms. The van der Waals surface area contributed by atoms with Crippen molar-refractivity contribution in [1.82, 2.24) is 9.97 Å². The normalized spacial score (nSPS) is 10.3. The number of nitrogen functional groups attached to an aromatic ring is 1. The van der Waals surface area contributed by atoms with Crippen molar-refractivity contribution < 1.29 is 5.11 Å². The van der Waals surface area contributed by atoms with Crippen LogP contribution in [0.5, 0.6) is 0 Å². The minimum absolute atomic E-state index is 0.0927. The number of aliphatic hydroxyl groups is 1. The van der Waals surface area contributed by atoms with Gasteiger partial charge in [0.15, 0.2) is 0 Å². The maximum Gasteiger partial charge on any atom is 0.223 e. The summed E-state index contributed by atoms with van der Waals surface area (Å²) in [5.41, 5.74) is 5.67. The van der Waals surface area contributed by atoms with Gasteiger partial charge in [0.25, 0.3) is 0 Å². The molecule has 0 aromatic carbocycles. The summed E-state index contributed by atoms with van der Waals surface area (Å²) in [6.45, 7) is 6.34. The van der Waals surface area contributed by atoms with Crippen LogP contribution in [-0.2, 0) is 0 Å². The van der Waals surface area contributed by atoms with Gasteiger partial charge in [-0.05, 0) is 13.3 Å². The summed E-state index contributed by atoms with van der Waals surface area (Å²) in [6.07, 6.45) is 1.02. The summed E-state index contributed by atoms with van der Waals surface area (Å²) < 4.78 is 0. The summed E-state index contributed by atoms with van der Waals surface area (Å²) in [6, 6.07) is 1.85. The third kappa shape index (κ3) is 4.07. The predicted octanol–water partition coefficient (Wildman–Crippen LogP) is 0.699. The summed E-state index contributed by atoms with van der Waals surface area (Å²) in [5, 5.41) is 12.2. The fraction of sp³-hybridized carbons (Fsp3) is 0.636. The highest BCUT2D eigenvalue weighted by Gasteiger charge is 2.08. The minimum atomic E-state index is 0.0927. The zero-order valence-corrected chi connectivity index (χ0v) is 10.5. The number of nitrogens with zero attached hydrogens (tertiary/aromatic N) is 3. The SMILES string of the molecule is CCCNc1cc(N(CC)CCO)nc(N)n1. The van der Waals surface area contributed by atoms with Crippen molar-refractivity contribution in [2.75, 3.05) is 42.2 Å². The lowest BCUT2D eigenvalue weighted by atomic mass is 10.4. The van der Waals surface area contributed by atoms with Gasteiger partial charge in [0.05, 0.1) is 6.61 Å². The summed E-state index contributed by atoms with van der Waals surface area (Å²) in [7, 11) is 0. The van der Waals surface area contributed by atoms with Crippen LogP contribution >= 0.6 is 0 Å². The van der Waals surface area contributed by atoms with E-state index in [2.05, 4.69) is 22.2 Å². The number of hydrogen-bond donors (Lipinski definition) is 3. The molecule has 1 rings (SSSR count). The Kier molecular flexibility index (Phi) is 5.48. The van der Waals surface area contributed by atoms with E-state index in [4.69, 9.17) is 10.8 Å². The first kappa shape index (κ1) is 13.5. The highest BCUT2D eigenvalue weighted by atomic mass is 16.3. The molecule has 96 valence electrons. The molecule has 1 aromatic rings. The fourth-order valence-corrected chi connectivity index (χ4v) is 1.51. The van der Waals surface area contributed by atoms with Crippen molar-refractivity contribution in [2.24, 2.45) is 0 Å². The lowest BCUT2D eigenvalue weighted by Crippen LogP contribution is -2.27. The molecule has 1 heterocycles. The molecule has 4 N–H and O–H groups in total. The number of nitrogens with two attached hydrogens (primary N) is 1. The van der Waals surface area contributed by atoms with Gasteiger partial charge in [-0.3, -0.25) is 0 Å². The number of hydrogen-bond acceptors (Lipinski definition) is 6. The maximum atomic E-state index is 8.98. The van der Waals surface area contributed by atoms with Gasteiger partial charge in [-0.25, -0.2) is 0 Å². The van der Waals surface area contributed by atoms with Crippen LogP contribution in [0.2, 0.25) is 0 Å². The van der Waals surface area contributed by atoms with Crippen LogP contribution in [0.4, 0.5) is 17.6 Å². The van der Waals surface area contributed by atoms with E-state index in [-0.39, 0.29) is 12.6 Å². The second-order valence-electron chi connectivity index (χ2n) is 3.70. The standard InChI is InChI=1S/C11H21N5O/c1-3-5-13-9-8-10(15-11(12)14-9)16(4-2)6-7-17/h8,17H,3-7H2,1-2H3,(H3,12,13,14,15). The van der Waals surface area contributed by atoms with Crippen molar-refractivity contribution in [2.45, 2.75) is 20.3 Å². The van der Waals surface area contributed by atoms with E-state index in [0.29, 0.717) is 6.54 Å². The number of nitrogens with one attached hydrogen (secondary N) is 1. The summed E-state index contributed by atoms with van der Waals surface area (Å²) in [5.74, 6) is 1.72. The first-order valence-corrected chi connectivity index (χ1v) is 5.95. The van der Waals surface area contributed by atoms with Gasteiger partial charge in [0.2, 0.25) is 5.95 Å². The molecule has 0 saturated carbocycles. The van der Waals surface area contributed by atoms with E-state index in [1.807, 2.05) is 17.9 Å². The average Bonchev–Trinajstić information content (AvgIpc) is 2.32. The Balaban J connectivity index is 2.86. The topological polar surface area (TPSA) is 87.3 Å². The summed E-state index contributed by atoms with van der Waals surface area (Å²) in [4.78, 5) is 10.2. The number of likely N-dealkylation sites (N-methyl/N-ethyl adjacent to an activating group) is 1. The quantitative estimate of drug-likeness (QED) is 0.649. The van der Waals surface area contributed by atoms with Crippen LogP contribution in [0.3, 0.4) is 0 Å². The Morgan fingerprint density at radius 3 is 2.76 bits per heavy atom. The van der Waals surface area contributed by atoms with Gasteiger partial charge >= 0.3 is 0 Å². The molecular weight excluding hydrogens is 218 g/mol. The Hall–Kier alpha value is -1.56. The highest BCUT2D eigenvalue weighted by molar-refractivity contribution is 5.52. The van der Waals surface area contributed by atoms with Crippen molar-refractivity contribution in [3.63, 3.8) is 0 Å². The molecule has 0 aliphatic rings. The van der Waals surface area contributed by atoms with E-state index < -0.39 is 0 Å². The van der Waals surface area contributed by atoms with Crippen LogP contribution in [-0.4, -0.2) is 41.3 Å². The predicted molar refractivity (Wildman–Crippen MR) is 70.2 cm³/mol. The number of rotatable bonds is 7. The third-order valence-corrected chi connectivity index (χ3v) is 2.36. The zero-order valence-electron chi connectivity index (χ0n) is 10.5. The first-order valence-electron chi connectivity index (χ1n) is 5.95. The van der Waals surface area contributed by atoms with Gasteiger partial charge in [-0.1, -0.05) is 6.92 Å². The Morgan fingerprint density at radius 1 is 1.41 bits per heavy atom. The van der Waals surface area contributed by atoms with E-state index in [1.165, 1.54) is 0 Å². The second kappa shape index (κ2) is 6.90. The van der Waals surface area contributed by atoms with E-state index >= 15 is 0 Å². The fourth-order valence-electron chi connectivity index (χ4n) is 1.51. The number of aromatic nitrogens is 2. The van der Waals surface area contributed by atoms with Crippen molar-refractivity contribution in [3.05, 3.63) is 6.07 Å². The molecule has 0 bridgehead atoms. The van der Waals surface area contributed by atoms with E-state index in [9.17, 15) is 0 Å². The van der Waals surface area contributed by atoms with Crippen LogP contribution < -0.4 is 16.0 Å². The minimum Gasteiger partial charge on any atom is -0.395 e. The van der Waals surface area contributed by atoms with E-state index in [1.54, 1.807) is 0 Å². The molecule has 1 aromatic heterocycles. The van der Waals surface area contributed by atoms with Crippen LogP contribution in [0.15, 0.2) is 6.07 Å². The third-order valence-electron chi connectivity index (χ3n) is 2.36. The van der Waals surface area contributed by atoms with Crippen molar-refractivity contribution in [1.29, 1.82) is 0 Å². The molecule has 0 fully saturated rings. The molecule has 0 saturated heterocycles. The molecule has 0 aliphatic heterocycles. The molecule has 0 spiro atoms. The van der Waals surface area contributed by atoms with Gasteiger partial charge in [0.1, 0.15) is 11.6 Å². The maximum absolute atomic E-state index is 8.98. The Labute approximate surface area is 102 Å². The zero-order chi connectivity index (χ0) is 12.7. The molecule has 6 nitrogen and oxygen atoms in total. The molecule has 0 unspecified atom stereocenters. The lowest BCUT2D eigenvalue weighted by Gasteiger charge is -2.21. The number of anilines is 3. The van der Waals surface area contributed by atoms with E-state index in [0.717, 1.165) is 31.1 Å². The van der Waals surface area contributed by atoms with Crippen molar-refractivity contribution in [3.8, 4) is 0 Å². The van der Waals surface area contributed by atoms with Crippen LogP contribution in [0.1, 0.15) is 20.3 Å². The smallest absolute Gasteiger partial charge is 0.223 e. The Morgan fingerprint density at radius 2 is 2.18 bits per heavy atom.